The van der Waals surface area contributed by atoms with Crippen molar-refractivity contribution in [3.63, 3.8) is 0 Å². The highest BCUT2D eigenvalue weighted by molar-refractivity contribution is 5.51. The summed E-state index contributed by atoms with van der Waals surface area (Å²) in [4.78, 5) is 4.12. The molecule has 2 rings (SSSR count). The molecule has 0 atom stereocenters. The van der Waals surface area contributed by atoms with Crippen LogP contribution in [0.3, 0.4) is 0 Å². The third-order valence-corrected chi connectivity index (χ3v) is 2.74. The van der Waals surface area contributed by atoms with Crippen molar-refractivity contribution in [3.8, 4) is 11.6 Å². The van der Waals surface area contributed by atoms with Crippen molar-refractivity contribution < 1.29 is 9.15 Å². The molecule has 0 bridgehead atoms. The van der Waals surface area contributed by atoms with Gasteiger partial charge in [0.2, 0.25) is 0 Å². The molecule has 0 aliphatic carbocycles. The fourth-order valence-electron chi connectivity index (χ4n) is 1.33. The second kappa shape index (κ2) is 3.70. The maximum atomic E-state index is 5.07. The number of hydrogen-bond acceptors (Lipinski definition) is 6. The van der Waals surface area contributed by atoms with Crippen molar-refractivity contribution in [1.29, 1.82) is 0 Å². The highest BCUT2D eigenvalue weighted by Crippen LogP contribution is 2.31. The van der Waals surface area contributed by atoms with Gasteiger partial charge in [-0.05, 0) is 18.5 Å². The average molecular weight is 222 g/mol. The summed E-state index contributed by atoms with van der Waals surface area (Å²) in [6.07, 6.45) is 0.918. The standard InChI is InChI=1S/C10H14N4O2/c1-5-10(3,4)8-7(13-16-14-8)9-11-6(2)12-15-9/h5H2,1-4H3. The van der Waals surface area contributed by atoms with E-state index in [0.717, 1.165) is 12.1 Å². The van der Waals surface area contributed by atoms with Gasteiger partial charge < -0.3 is 4.52 Å². The normalized spacial score (nSPS) is 12.0. The maximum Gasteiger partial charge on any atom is 0.282 e. The SMILES string of the molecule is CCC(C)(C)c1nonc1-c1nc(C)no1. The van der Waals surface area contributed by atoms with E-state index in [1.807, 2.05) is 0 Å². The number of aromatic nitrogens is 4. The zero-order chi connectivity index (χ0) is 11.8. The van der Waals surface area contributed by atoms with Crippen LogP contribution in [-0.2, 0) is 5.41 Å². The Labute approximate surface area is 93.0 Å². The van der Waals surface area contributed by atoms with Gasteiger partial charge in [-0.25, -0.2) is 4.63 Å². The molecule has 86 valence electrons. The van der Waals surface area contributed by atoms with Crippen LogP contribution in [0.2, 0.25) is 0 Å². The second-order valence-electron chi connectivity index (χ2n) is 4.35. The lowest BCUT2D eigenvalue weighted by atomic mass is 9.85. The molecule has 0 amide bonds. The monoisotopic (exact) mass is 222 g/mol. The van der Waals surface area contributed by atoms with E-state index in [4.69, 9.17) is 9.15 Å². The summed E-state index contributed by atoms with van der Waals surface area (Å²) < 4.78 is 9.84. The van der Waals surface area contributed by atoms with Gasteiger partial charge in [-0.1, -0.05) is 31.1 Å². The molecule has 2 aromatic heterocycles. The van der Waals surface area contributed by atoms with Gasteiger partial charge in [-0.2, -0.15) is 4.98 Å². The molecule has 6 heteroatoms. The molecule has 0 saturated heterocycles. The van der Waals surface area contributed by atoms with Crippen LogP contribution in [0.1, 0.15) is 38.7 Å². The van der Waals surface area contributed by atoms with E-state index in [2.05, 4.69) is 41.2 Å². The Morgan fingerprint density at radius 3 is 2.50 bits per heavy atom. The summed E-state index contributed by atoms with van der Waals surface area (Å²) in [5, 5.41) is 11.5. The van der Waals surface area contributed by atoms with E-state index in [0.29, 0.717) is 17.4 Å². The van der Waals surface area contributed by atoms with Crippen LogP contribution in [0.5, 0.6) is 0 Å². The summed E-state index contributed by atoms with van der Waals surface area (Å²) in [6.45, 7) is 7.97. The predicted molar refractivity (Wildman–Crippen MR) is 55.6 cm³/mol. The zero-order valence-electron chi connectivity index (χ0n) is 9.81. The van der Waals surface area contributed by atoms with Crippen molar-refractivity contribution in [1.82, 2.24) is 20.5 Å². The van der Waals surface area contributed by atoms with E-state index in [1.54, 1.807) is 6.92 Å². The van der Waals surface area contributed by atoms with E-state index in [1.165, 1.54) is 0 Å². The molecule has 0 fully saturated rings. The van der Waals surface area contributed by atoms with Crippen LogP contribution in [0, 0.1) is 6.92 Å². The van der Waals surface area contributed by atoms with E-state index in [-0.39, 0.29) is 5.41 Å². The average Bonchev–Trinajstić information content (AvgIpc) is 2.85. The fourth-order valence-corrected chi connectivity index (χ4v) is 1.33. The maximum absolute atomic E-state index is 5.07. The van der Waals surface area contributed by atoms with Gasteiger partial charge in [-0.15, -0.1) is 0 Å². The molecule has 2 heterocycles. The largest absolute Gasteiger partial charge is 0.332 e. The molecular weight excluding hydrogens is 208 g/mol. The zero-order valence-corrected chi connectivity index (χ0v) is 9.81. The van der Waals surface area contributed by atoms with Gasteiger partial charge in [0, 0.05) is 5.41 Å². The molecule has 6 nitrogen and oxygen atoms in total. The molecule has 0 unspecified atom stereocenters. The molecule has 0 aliphatic rings. The smallest absolute Gasteiger partial charge is 0.282 e. The first kappa shape index (κ1) is 10.8. The molecule has 2 aromatic rings. The highest BCUT2D eigenvalue weighted by Gasteiger charge is 2.30. The quantitative estimate of drug-likeness (QED) is 0.791. The third-order valence-electron chi connectivity index (χ3n) is 2.74. The lowest BCUT2D eigenvalue weighted by Crippen LogP contribution is -2.17. The van der Waals surface area contributed by atoms with Gasteiger partial charge in [0.05, 0.1) is 0 Å². The minimum atomic E-state index is -0.127. The molecule has 0 aromatic carbocycles. The fraction of sp³-hybridized carbons (Fsp3) is 0.600. The van der Waals surface area contributed by atoms with Crippen LogP contribution in [0.15, 0.2) is 9.15 Å². The lowest BCUT2D eigenvalue weighted by molar-refractivity contribution is 0.294. The minimum absolute atomic E-state index is 0.127. The molecule has 0 spiro atoms. The minimum Gasteiger partial charge on any atom is -0.332 e. The Morgan fingerprint density at radius 1 is 1.19 bits per heavy atom. The van der Waals surface area contributed by atoms with E-state index < -0.39 is 0 Å². The number of nitrogens with zero attached hydrogens (tertiary/aromatic N) is 4. The molecule has 16 heavy (non-hydrogen) atoms. The molecule has 0 N–H and O–H groups in total. The Bertz CT molecular complexity index is 486. The Morgan fingerprint density at radius 2 is 1.94 bits per heavy atom. The van der Waals surface area contributed by atoms with Crippen LogP contribution in [0.4, 0.5) is 0 Å². The number of hydrogen-bond donors (Lipinski definition) is 0. The Hall–Kier alpha value is -1.72. The molecule has 0 saturated carbocycles. The summed E-state index contributed by atoms with van der Waals surface area (Å²) >= 11 is 0. The number of aryl methyl sites for hydroxylation is 1. The molecular formula is C10H14N4O2. The van der Waals surface area contributed by atoms with Crippen LogP contribution < -0.4 is 0 Å². The van der Waals surface area contributed by atoms with Gasteiger partial charge in [0.15, 0.2) is 11.5 Å². The Kier molecular flexibility index (Phi) is 2.49. The van der Waals surface area contributed by atoms with E-state index >= 15 is 0 Å². The third kappa shape index (κ3) is 1.70. The van der Waals surface area contributed by atoms with Crippen molar-refractivity contribution >= 4 is 0 Å². The first-order chi connectivity index (χ1) is 7.54. The Balaban J connectivity index is 2.48. The lowest BCUT2D eigenvalue weighted by Gasteiger charge is -2.18. The number of rotatable bonds is 3. The van der Waals surface area contributed by atoms with Gasteiger partial charge >= 0.3 is 0 Å². The summed E-state index contributed by atoms with van der Waals surface area (Å²) in [7, 11) is 0. The first-order valence-corrected chi connectivity index (χ1v) is 5.18. The summed E-state index contributed by atoms with van der Waals surface area (Å²) in [5.41, 5.74) is 1.16. The van der Waals surface area contributed by atoms with Crippen molar-refractivity contribution in [2.75, 3.05) is 0 Å². The van der Waals surface area contributed by atoms with Crippen molar-refractivity contribution in [3.05, 3.63) is 11.5 Å². The van der Waals surface area contributed by atoms with E-state index in [9.17, 15) is 0 Å². The highest BCUT2D eigenvalue weighted by atomic mass is 16.6. The van der Waals surface area contributed by atoms with Crippen molar-refractivity contribution in [2.45, 2.75) is 39.5 Å². The van der Waals surface area contributed by atoms with Crippen LogP contribution in [-0.4, -0.2) is 20.5 Å². The summed E-state index contributed by atoms with van der Waals surface area (Å²) in [5.74, 6) is 0.925. The predicted octanol–water partition coefficient (Wildman–Crippen LogP) is 2.12. The molecule has 0 aliphatic heterocycles. The van der Waals surface area contributed by atoms with Crippen LogP contribution >= 0.6 is 0 Å². The van der Waals surface area contributed by atoms with Gasteiger partial charge in [0.1, 0.15) is 5.69 Å². The topological polar surface area (TPSA) is 77.8 Å². The van der Waals surface area contributed by atoms with Gasteiger partial charge in [0.25, 0.3) is 5.89 Å². The van der Waals surface area contributed by atoms with Gasteiger partial charge in [-0.3, -0.25) is 0 Å². The van der Waals surface area contributed by atoms with Crippen LogP contribution in [0.25, 0.3) is 11.6 Å². The first-order valence-electron chi connectivity index (χ1n) is 5.18. The molecule has 0 radical (unpaired) electrons. The van der Waals surface area contributed by atoms with Crippen molar-refractivity contribution in [2.24, 2.45) is 0 Å². The second-order valence-corrected chi connectivity index (χ2v) is 4.35. The summed E-state index contributed by atoms with van der Waals surface area (Å²) in [6, 6.07) is 0.